The molecule has 4 N–H and O–H groups in total. The molecule has 1 saturated heterocycles. The van der Waals surface area contributed by atoms with Gasteiger partial charge in [0.25, 0.3) is 5.91 Å². The van der Waals surface area contributed by atoms with Crippen LogP contribution in [0.15, 0.2) is 18.2 Å². The van der Waals surface area contributed by atoms with Gasteiger partial charge in [-0.25, -0.2) is 0 Å². The third kappa shape index (κ3) is 3.29. The standard InChI is InChI=1S/C15H23N3O2/c1-11-10-12(4-5-13(11)17-16)14(19)18-8-3-6-15(2,20)7-9-18/h4-5,10,17,20H,3,6-9,16H2,1-2H3. The Morgan fingerprint density at radius 3 is 2.80 bits per heavy atom. The highest BCUT2D eigenvalue weighted by molar-refractivity contribution is 5.95. The first kappa shape index (κ1) is 14.8. The Morgan fingerprint density at radius 2 is 2.15 bits per heavy atom. The van der Waals surface area contributed by atoms with E-state index in [0.717, 1.165) is 24.1 Å². The Kier molecular flexibility index (Phi) is 4.30. The number of carbonyl (C=O) groups excluding carboxylic acids is 1. The Morgan fingerprint density at radius 1 is 1.40 bits per heavy atom. The second-order valence-corrected chi connectivity index (χ2v) is 5.82. The summed E-state index contributed by atoms with van der Waals surface area (Å²) in [6.45, 7) is 5.05. The first-order valence-corrected chi connectivity index (χ1v) is 7.02. The number of hydrogen-bond donors (Lipinski definition) is 3. The van der Waals surface area contributed by atoms with Gasteiger partial charge in [-0.3, -0.25) is 10.6 Å². The summed E-state index contributed by atoms with van der Waals surface area (Å²) in [6, 6.07) is 5.45. The zero-order valence-corrected chi connectivity index (χ0v) is 12.1. The summed E-state index contributed by atoms with van der Waals surface area (Å²) >= 11 is 0. The molecule has 5 heteroatoms. The largest absolute Gasteiger partial charge is 0.390 e. The number of hydrogen-bond acceptors (Lipinski definition) is 4. The van der Waals surface area contributed by atoms with Crippen LogP contribution in [0.1, 0.15) is 42.1 Å². The molecule has 1 fully saturated rings. The summed E-state index contributed by atoms with van der Waals surface area (Å²) in [4.78, 5) is 14.3. The molecule has 0 aliphatic carbocycles. The lowest BCUT2D eigenvalue weighted by atomic mass is 9.98. The predicted molar refractivity (Wildman–Crippen MR) is 79.4 cm³/mol. The molecule has 0 spiro atoms. The van der Waals surface area contributed by atoms with Crippen molar-refractivity contribution in [2.24, 2.45) is 5.84 Å². The van der Waals surface area contributed by atoms with Gasteiger partial charge in [0.1, 0.15) is 0 Å². The van der Waals surface area contributed by atoms with Crippen LogP contribution in [0.5, 0.6) is 0 Å². The van der Waals surface area contributed by atoms with Gasteiger partial charge in [-0.15, -0.1) is 0 Å². The molecule has 1 heterocycles. The van der Waals surface area contributed by atoms with Crippen LogP contribution in [-0.2, 0) is 0 Å². The van der Waals surface area contributed by atoms with Crippen LogP contribution in [0.3, 0.4) is 0 Å². The maximum absolute atomic E-state index is 12.5. The topological polar surface area (TPSA) is 78.6 Å². The zero-order valence-electron chi connectivity index (χ0n) is 12.1. The van der Waals surface area contributed by atoms with Crippen molar-refractivity contribution in [2.45, 2.75) is 38.7 Å². The molecule has 110 valence electrons. The maximum Gasteiger partial charge on any atom is 0.253 e. The van der Waals surface area contributed by atoms with Crippen molar-refractivity contribution < 1.29 is 9.90 Å². The van der Waals surface area contributed by atoms with Crippen LogP contribution in [-0.4, -0.2) is 34.6 Å². The Labute approximate surface area is 119 Å². The van der Waals surface area contributed by atoms with Gasteiger partial charge in [-0.05, 0) is 56.9 Å². The van der Waals surface area contributed by atoms with E-state index < -0.39 is 5.60 Å². The number of aliphatic hydroxyl groups is 1. The van der Waals surface area contributed by atoms with Crippen molar-refractivity contribution >= 4 is 11.6 Å². The van der Waals surface area contributed by atoms with E-state index in [1.807, 2.05) is 30.9 Å². The minimum Gasteiger partial charge on any atom is -0.390 e. The average Bonchev–Trinajstić information content (AvgIpc) is 2.59. The molecule has 1 aromatic carbocycles. The Balaban J connectivity index is 2.13. The van der Waals surface area contributed by atoms with Crippen LogP contribution in [0.4, 0.5) is 5.69 Å². The lowest BCUT2D eigenvalue weighted by Crippen LogP contribution is -2.33. The summed E-state index contributed by atoms with van der Waals surface area (Å²) in [5.74, 6) is 5.42. The second kappa shape index (κ2) is 5.81. The third-order valence-corrected chi connectivity index (χ3v) is 3.98. The van der Waals surface area contributed by atoms with Gasteiger partial charge in [0.2, 0.25) is 0 Å². The number of nitrogens with two attached hydrogens (primary N) is 1. The number of carbonyl (C=O) groups is 1. The second-order valence-electron chi connectivity index (χ2n) is 5.82. The Hall–Kier alpha value is -1.59. The monoisotopic (exact) mass is 277 g/mol. The molecule has 2 rings (SSSR count). The van der Waals surface area contributed by atoms with Crippen LogP contribution >= 0.6 is 0 Å². The molecule has 1 aliphatic heterocycles. The normalized spacial score (nSPS) is 23.3. The van der Waals surface area contributed by atoms with Crippen molar-refractivity contribution in [1.29, 1.82) is 0 Å². The Bertz CT molecular complexity index is 500. The van der Waals surface area contributed by atoms with E-state index in [4.69, 9.17) is 5.84 Å². The fourth-order valence-corrected chi connectivity index (χ4v) is 2.61. The highest BCUT2D eigenvalue weighted by Crippen LogP contribution is 2.23. The molecule has 0 saturated carbocycles. The smallest absolute Gasteiger partial charge is 0.253 e. The molecule has 20 heavy (non-hydrogen) atoms. The number of amides is 1. The number of anilines is 1. The van der Waals surface area contributed by atoms with Crippen molar-refractivity contribution in [2.75, 3.05) is 18.5 Å². The molecular formula is C15H23N3O2. The van der Waals surface area contributed by atoms with E-state index in [2.05, 4.69) is 5.43 Å². The molecular weight excluding hydrogens is 254 g/mol. The van der Waals surface area contributed by atoms with E-state index in [0.29, 0.717) is 25.1 Å². The van der Waals surface area contributed by atoms with E-state index in [1.54, 1.807) is 6.07 Å². The molecule has 5 nitrogen and oxygen atoms in total. The van der Waals surface area contributed by atoms with Crippen LogP contribution in [0.25, 0.3) is 0 Å². The number of benzene rings is 1. The summed E-state index contributed by atoms with van der Waals surface area (Å²) < 4.78 is 0. The number of likely N-dealkylation sites (tertiary alicyclic amines) is 1. The van der Waals surface area contributed by atoms with Gasteiger partial charge < -0.3 is 15.4 Å². The number of nitrogens with one attached hydrogen (secondary N) is 1. The SMILES string of the molecule is Cc1cc(C(=O)N2CCCC(C)(O)CC2)ccc1NN. The van der Waals surface area contributed by atoms with Crippen molar-refractivity contribution in [3.05, 3.63) is 29.3 Å². The van der Waals surface area contributed by atoms with Crippen LogP contribution < -0.4 is 11.3 Å². The summed E-state index contributed by atoms with van der Waals surface area (Å²) in [6.07, 6.45) is 2.20. The number of nitrogen functional groups attached to an aromatic ring is 1. The molecule has 1 atom stereocenters. The van der Waals surface area contributed by atoms with Crippen molar-refractivity contribution in [3.8, 4) is 0 Å². The molecule has 1 aliphatic rings. The molecule has 0 aromatic heterocycles. The lowest BCUT2D eigenvalue weighted by molar-refractivity contribution is 0.0438. The number of rotatable bonds is 2. The van der Waals surface area contributed by atoms with E-state index in [1.165, 1.54) is 0 Å². The maximum atomic E-state index is 12.5. The molecule has 1 amide bonds. The number of aryl methyl sites for hydroxylation is 1. The van der Waals surface area contributed by atoms with Gasteiger partial charge in [-0.1, -0.05) is 0 Å². The lowest BCUT2D eigenvalue weighted by Gasteiger charge is -2.23. The fraction of sp³-hybridized carbons (Fsp3) is 0.533. The van der Waals surface area contributed by atoms with Gasteiger partial charge in [0.15, 0.2) is 0 Å². The molecule has 0 bridgehead atoms. The van der Waals surface area contributed by atoms with E-state index in [9.17, 15) is 9.90 Å². The van der Waals surface area contributed by atoms with Crippen molar-refractivity contribution in [3.63, 3.8) is 0 Å². The summed E-state index contributed by atoms with van der Waals surface area (Å²) in [5, 5.41) is 10.1. The minimum absolute atomic E-state index is 0.0226. The first-order chi connectivity index (χ1) is 9.43. The van der Waals surface area contributed by atoms with Crippen LogP contribution in [0.2, 0.25) is 0 Å². The minimum atomic E-state index is -0.654. The predicted octanol–water partition coefficient (Wildman–Crippen LogP) is 1.66. The summed E-state index contributed by atoms with van der Waals surface area (Å²) in [7, 11) is 0. The average molecular weight is 277 g/mol. The summed E-state index contributed by atoms with van der Waals surface area (Å²) in [5.41, 5.74) is 4.38. The molecule has 1 aromatic rings. The van der Waals surface area contributed by atoms with Gasteiger partial charge >= 0.3 is 0 Å². The molecule has 1 unspecified atom stereocenters. The highest BCUT2D eigenvalue weighted by Gasteiger charge is 2.27. The first-order valence-electron chi connectivity index (χ1n) is 7.02. The van der Waals surface area contributed by atoms with Crippen molar-refractivity contribution in [1.82, 2.24) is 4.90 Å². The quantitative estimate of drug-likeness (QED) is 0.567. The van der Waals surface area contributed by atoms with Crippen LogP contribution in [0, 0.1) is 6.92 Å². The fourth-order valence-electron chi connectivity index (χ4n) is 2.61. The van der Waals surface area contributed by atoms with E-state index in [-0.39, 0.29) is 5.91 Å². The highest BCUT2D eigenvalue weighted by atomic mass is 16.3. The molecule has 0 radical (unpaired) electrons. The van der Waals surface area contributed by atoms with Gasteiger partial charge in [0.05, 0.1) is 11.3 Å². The van der Waals surface area contributed by atoms with Gasteiger partial charge in [0, 0.05) is 18.7 Å². The van der Waals surface area contributed by atoms with E-state index >= 15 is 0 Å². The number of nitrogens with zero attached hydrogens (tertiary/aromatic N) is 1. The zero-order chi connectivity index (χ0) is 14.8. The number of hydrazine groups is 1. The van der Waals surface area contributed by atoms with Gasteiger partial charge in [-0.2, -0.15) is 0 Å². The third-order valence-electron chi connectivity index (χ3n) is 3.98.